The Bertz CT molecular complexity index is 916. The van der Waals surface area contributed by atoms with Crippen LogP contribution in [0.5, 0.6) is 5.75 Å². The van der Waals surface area contributed by atoms with E-state index >= 15 is 0 Å². The van der Waals surface area contributed by atoms with Crippen LogP contribution >= 0.6 is 11.6 Å². The van der Waals surface area contributed by atoms with Gasteiger partial charge in [-0.3, -0.25) is 9.10 Å². The van der Waals surface area contributed by atoms with Crippen molar-refractivity contribution in [3.05, 3.63) is 59.1 Å². The number of ether oxygens (including phenoxy) is 1. The van der Waals surface area contributed by atoms with Crippen LogP contribution in [-0.4, -0.2) is 40.4 Å². The number of rotatable bonds is 7. The number of methoxy groups -OCH3 is 1. The first-order valence-corrected chi connectivity index (χ1v) is 9.72. The Labute approximate surface area is 157 Å². The number of sulfonamides is 1. The van der Waals surface area contributed by atoms with E-state index in [2.05, 4.69) is 10.5 Å². The first-order chi connectivity index (χ1) is 12.3. The van der Waals surface area contributed by atoms with Crippen LogP contribution in [0, 0.1) is 0 Å². The smallest absolute Gasteiger partial charge is 0.260 e. The molecule has 0 bridgehead atoms. The fourth-order valence-corrected chi connectivity index (χ4v) is 3.18. The number of carbonyl (C=O) groups is 1. The molecule has 0 heterocycles. The number of nitrogens with one attached hydrogen (secondary N) is 1. The molecule has 0 unspecified atom stereocenters. The molecule has 0 aromatic heterocycles. The van der Waals surface area contributed by atoms with Crippen molar-refractivity contribution < 1.29 is 17.9 Å². The van der Waals surface area contributed by atoms with E-state index in [1.165, 1.54) is 19.4 Å². The number of hydrogen-bond donors (Lipinski definition) is 1. The summed E-state index contributed by atoms with van der Waals surface area (Å²) in [5.74, 6) is 0.00346. The maximum absolute atomic E-state index is 12.1. The molecular formula is C17H18ClN3O4S. The Morgan fingerprint density at radius 2 is 2.00 bits per heavy atom. The number of anilines is 1. The number of amides is 1. The molecule has 2 aromatic rings. The average molecular weight is 396 g/mol. The zero-order chi connectivity index (χ0) is 19.2. The highest BCUT2D eigenvalue weighted by Crippen LogP contribution is 2.21. The summed E-state index contributed by atoms with van der Waals surface area (Å²) in [5.41, 5.74) is 3.27. The molecular weight excluding hydrogens is 378 g/mol. The third-order valence-electron chi connectivity index (χ3n) is 3.32. The second-order valence-electron chi connectivity index (χ2n) is 5.28. The SMILES string of the molecule is COc1ccccc1/C=N\NC(=O)CN(c1cccc(Cl)c1)S(C)(=O)=O. The number of hydrogen-bond acceptors (Lipinski definition) is 5. The molecule has 0 aliphatic carbocycles. The zero-order valence-electron chi connectivity index (χ0n) is 14.2. The van der Waals surface area contributed by atoms with Crippen LogP contribution in [0.1, 0.15) is 5.56 Å². The van der Waals surface area contributed by atoms with Crippen molar-refractivity contribution in [1.82, 2.24) is 5.43 Å². The van der Waals surface area contributed by atoms with Gasteiger partial charge in [0, 0.05) is 10.6 Å². The van der Waals surface area contributed by atoms with E-state index in [0.29, 0.717) is 22.0 Å². The number of hydrazone groups is 1. The minimum atomic E-state index is -3.68. The van der Waals surface area contributed by atoms with Gasteiger partial charge in [0.15, 0.2) is 0 Å². The van der Waals surface area contributed by atoms with Crippen LogP contribution in [0.15, 0.2) is 53.6 Å². The normalized spacial score (nSPS) is 11.3. The Kier molecular flexibility index (Phi) is 6.59. The van der Waals surface area contributed by atoms with Crippen molar-refractivity contribution in [3.63, 3.8) is 0 Å². The summed E-state index contributed by atoms with van der Waals surface area (Å²) in [6, 6.07) is 13.4. The van der Waals surface area contributed by atoms with Crippen LogP contribution < -0.4 is 14.5 Å². The predicted octanol–water partition coefficient (Wildman–Crippen LogP) is 2.26. The minimum Gasteiger partial charge on any atom is -0.496 e. The maximum Gasteiger partial charge on any atom is 0.260 e. The van der Waals surface area contributed by atoms with E-state index in [1.807, 2.05) is 6.07 Å². The highest BCUT2D eigenvalue weighted by molar-refractivity contribution is 7.92. The average Bonchev–Trinajstić information content (AvgIpc) is 2.59. The van der Waals surface area contributed by atoms with Gasteiger partial charge in [0.1, 0.15) is 12.3 Å². The lowest BCUT2D eigenvalue weighted by Gasteiger charge is -2.21. The van der Waals surface area contributed by atoms with E-state index in [-0.39, 0.29) is 0 Å². The lowest BCUT2D eigenvalue weighted by molar-refractivity contribution is -0.119. The lowest BCUT2D eigenvalue weighted by atomic mass is 10.2. The summed E-state index contributed by atoms with van der Waals surface area (Å²) < 4.78 is 30.1. The number of carbonyl (C=O) groups excluding carboxylic acids is 1. The van der Waals surface area contributed by atoms with Gasteiger partial charge < -0.3 is 4.74 Å². The van der Waals surface area contributed by atoms with Crippen molar-refractivity contribution in [2.45, 2.75) is 0 Å². The van der Waals surface area contributed by atoms with Crippen molar-refractivity contribution in [1.29, 1.82) is 0 Å². The standard InChI is InChI=1S/C17H18ClN3O4S/c1-25-16-9-4-3-6-13(16)11-19-20-17(22)12-21(26(2,23)24)15-8-5-7-14(18)10-15/h3-11H,12H2,1-2H3,(H,20,22)/b19-11-. The van der Waals surface area contributed by atoms with E-state index in [0.717, 1.165) is 10.6 Å². The third-order valence-corrected chi connectivity index (χ3v) is 4.69. The van der Waals surface area contributed by atoms with Gasteiger partial charge >= 0.3 is 0 Å². The molecule has 0 atom stereocenters. The molecule has 2 rings (SSSR count). The lowest BCUT2D eigenvalue weighted by Crippen LogP contribution is -2.39. The van der Waals surface area contributed by atoms with Crippen molar-refractivity contribution in [2.75, 3.05) is 24.2 Å². The van der Waals surface area contributed by atoms with Gasteiger partial charge in [0.2, 0.25) is 10.0 Å². The van der Waals surface area contributed by atoms with Gasteiger partial charge in [-0.1, -0.05) is 29.8 Å². The molecule has 0 saturated heterocycles. The molecule has 0 aliphatic rings. The highest BCUT2D eigenvalue weighted by atomic mass is 35.5. The maximum atomic E-state index is 12.1. The number of benzene rings is 2. The summed E-state index contributed by atoms with van der Waals surface area (Å²) in [5, 5.41) is 4.21. The first kappa shape index (κ1) is 19.7. The predicted molar refractivity (Wildman–Crippen MR) is 102 cm³/mol. The molecule has 0 radical (unpaired) electrons. The minimum absolute atomic E-state index is 0.295. The van der Waals surface area contributed by atoms with Crippen molar-refractivity contribution >= 4 is 39.4 Å². The van der Waals surface area contributed by atoms with Crippen LogP contribution in [0.3, 0.4) is 0 Å². The van der Waals surface area contributed by atoms with Gasteiger partial charge in [0.05, 0.1) is 25.3 Å². The fraction of sp³-hybridized carbons (Fsp3) is 0.176. The Hall–Kier alpha value is -2.58. The molecule has 0 aliphatic heterocycles. The number of para-hydroxylation sites is 1. The molecule has 1 N–H and O–H groups in total. The molecule has 0 fully saturated rings. The molecule has 138 valence electrons. The molecule has 9 heteroatoms. The third kappa shape index (κ3) is 5.47. The Morgan fingerprint density at radius 3 is 2.65 bits per heavy atom. The van der Waals surface area contributed by atoms with Crippen LogP contribution in [0.25, 0.3) is 0 Å². The quantitative estimate of drug-likeness (QED) is 0.575. The Morgan fingerprint density at radius 1 is 1.27 bits per heavy atom. The zero-order valence-corrected chi connectivity index (χ0v) is 15.8. The van der Waals surface area contributed by atoms with Gasteiger partial charge in [-0.25, -0.2) is 13.8 Å². The molecule has 1 amide bonds. The highest BCUT2D eigenvalue weighted by Gasteiger charge is 2.20. The second kappa shape index (κ2) is 8.68. The summed E-state index contributed by atoms with van der Waals surface area (Å²) >= 11 is 5.90. The van der Waals surface area contributed by atoms with Crippen LogP contribution in [-0.2, 0) is 14.8 Å². The molecule has 7 nitrogen and oxygen atoms in total. The molecule has 2 aromatic carbocycles. The van der Waals surface area contributed by atoms with Gasteiger partial charge in [-0.05, 0) is 30.3 Å². The van der Waals surface area contributed by atoms with E-state index in [9.17, 15) is 13.2 Å². The molecule has 0 saturated carbocycles. The summed E-state index contributed by atoms with van der Waals surface area (Å²) in [7, 11) is -2.15. The fourth-order valence-electron chi connectivity index (χ4n) is 2.14. The van der Waals surface area contributed by atoms with Gasteiger partial charge in [0.25, 0.3) is 5.91 Å². The number of halogens is 1. The summed E-state index contributed by atoms with van der Waals surface area (Å²) in [4.78, 5) is 12.1. The van der Waals surface area contributed by atoms with E-state index < -0.39 is 22.5 Å². The van der Waals surface area contributed by atoms with Crippen LogP contribution in [0.4, 0.5) is 5.69 Å². The Balaban J connectivity index is 2.09. The second-order valence-corrected chi connectivity index (χ2v) is 7.63. The van der Waals surface area contributed by atoms with Crippen molar-refractivity contribution in [2.24, 2.45) is 5.10 Å². The van der Waals surface area contributed by atoms with Crippen molar-refractivity contribution in [3.8, 4) is 5.75 Å². The van der Waals surface area contributed by atoms with E-state index in [4.69, 9.17) is 16.3 Å². The molecule has 0 spiro atoms. The summed E-state index contributed by atoms with van der Waals surface area (Å²) in [6.45, 7) is -0.428. The topological polar surface area (TPSA) is 88.1 Å². The van der Waals surface area contributed by atoms with Gasteiger partial charge in [-0.2, -0.15) is 5.10 Å². The van der Waals surface area contributed by atoms with Gasteiger partial charge in [-0.15, -0.1) is 0 Å². The van der Waals surface area contributed by atoms with Crippen LogP contribution in [0.2, 0.25) is 5.02 Å². The monoisotopic (exact) mass is 395 g/mol. The first-order valence-electron chi connectivity index (χ1n) is 7.49. The van der Waals surface area contributed by atoms with E-state index in [1.54, 1.807) is 36.4 Å². The summed E-state index contributed by atoms with van der Waals surface area (Å²) in [6.07, 6.45) is 2.43. The number of nitrogens with zero attached hydrogens (tertiary/aromatic N) is 2. The molecule has 26 heavy (non-hydrogen) atoms. The largest absolute Gasteiger partial charge is 0.496 e.